The molecule has 1 amide bonds. The molecule has 130 valence electrons. The SMILES string of the molecule is O=C(Nc1ccnn1C[C@@H]1CCOC1)c1sc2cc(Cl)ccc2c1Cl. The summed E-state index contributed by atoms with van der Waals surface area (Å²) in [7, 11) is 0. The van der Waals surface area contributed by atoms with Crippen molar-refractivity contribution in [1.29, 1.82) is 0 Å². The highest BCUT2D eigenvalue weighted by molar-refractivity contribution is 7.21. The Morgan fingerprint density at radius 1 is 1.40 bits per heavy atom. The lowest BCUT2D eigenvalue weighted by atomic mass is 10.1. The highest BCUT2D eigenvalue weighted by Gasteiger charge is 2.21. The maximum absolute atomic E-state index is 12.7. The van der Waals surface area contributed by atoms with E-state index in [1.165, 1.54) is 11.3 Å². The second-order valence-electron chi connectivity index (χ2n) is 5.97. The number of nitrogens with zero attached hydrogens (tertiary/aromatic N) is 2. The van der Waals surface area contributed by atoms with E-state index in [0.717, 1.165) is 36.3 Å². The maximum atomic E-state index is 12.7. The van der Waals surface area contributed by atoms with Crippen LogP contribution in [0.5, 0.6) is 0 Å². The summed E-state index contributed by atoms with van der Waals surface area (Å²) in [5.41, 5.74) is 0. The van der Waals surface area contributed by atoms with Gasteiger partial charge in [-0.25, -0.2) is 4.68 Å². The quantitative estimate of drug-likeness (QED) is 0.696. The van der Waals surface area contributed by atoms with Crippen LogP contribution in [0.3, 0.4) is 0 Å². The van der Waals surface area contributed by atoms with Crippen LogP contribution in [-0.4, -0.2) is 28.9 Å². The summed E-state index contributed by atoms with van der Waals surface area (Å²) in [6, 6.07) is 7.20. The average molecular weight is 396 g/mol. The normalized spacial score (nSPS) is 17.3. The minimum Gasteiger partial charge on any atom is -0.381 e. The van der Waals surface area contributed by atoms with E-state index in [2.05, 4.69) is 10.4 Å². The molecule has 2 aromatic heterocycles. The summed E-state index contributed by atoms with van der Waals surface area (Å²) in [4.78, 5) is 13.2. The van der Waals surface area contributed by atoms with Gasteiger partial charge in [0.15, 0.2) is 0 Å². The van der Waals surface area contributed by atoms with Gasteiger partial charge in [-0.3, -0.25) is 4.79 Å². The summed E-state index contributed by atoms with van der Waals surface area (Å²) in [5, 5.41) is 9.11. The number of aromatic nitrogens is 2. The summed E-state index contributed by atoms with van der Waals surface area (Å²) in [6.45, 7) is 2.24. The van der Waals surface area contributed by atoms with Gasteiger partial charge in [0, 0.05) is 40.2 Å². The zero-order valence-electron chi connectivity index (χ0n) is 13.2. The van der Waals surface area contributed by atoms with Crippen molar-refractivity contribution in [3.8, 4) is 0 Å². The number of carbonyl (C=O) groups excluding carboxylic acids is 1. The van der Waals surface area contributed by atoms with Gasteiger partial charge in [-0.1, -0.05) is 29.3 Å². The Morgan fingerprint density at radius 2 is 2.28 bits per heavy atom. The number of ether oxygens (including phenoxy) is 1. The molecule has 1 fully saturated rings. The molecule has 25 heavy (non-hydrogen) atoms. The first-order valence-corrected chi connectivity index (χ1v) is 9.47. The van der Waals surface area contributed by atoms with E-state index in [1.54, 1.807) is 23.0 Å². The molecule has 3 heterocycles. The highest BCUT2D eigenvalue weighted by Crippen LogP contribution is 2.37. The fraction of sp³-hybridized carbons (Fsp3) is 0.294. The second-order valence-corrected chi connectivity index (χ2v) is 7.83. The minimum atomic E-state index is -0.244. The van der Waals surface area contributed by atoms with Crippen molar-refractivity contribution in [3.63, 3.8) is 0 Å². The molecule has 1 aromatic carbocycles. The van der Waals surface area contributed by atoms with Crippen LogP contribution < -0.4 is 5.32 Å². The first-order valence-electron chi connectivity index (χ1n) is 7.90. The number of hydrogen-bond acceptors (Lipinski definition) is 4. The molecule has 0 bridgehead atoms. The fourth-order valence-electron chi connectivity index (χ4n) is 2.91. The van der Waals surface area contributed by atoms with Crippen LogP contribution in [-0.2, 0) is 11.3 Å². The molecule has 4 rings (SSSR count). The molecule has 0 unspecified atom stereocenters. The minimum absolute atomic E-state index is 0.244. The zero-order chi connectivity index (χ0) is 17.4. The largest absolute Gasteiger partial charge is 0.381 e. The Morgan fingerprint density at radius 3 is 3.08 bits per heavy atom. The molecule has 1 N–H and O–H groups in total. The Balaban J connectivity index is 1.56. The number of halogens is 2. The van der Waals surface area contributed by atoms with Gasteiger partial charge in [0.05, 0.1) is 17.8 Å². The zero-order valence-corrected chi connectivity index (χ0v) is 15.5. The van der Waals surface area contributed by atoms with E-state index < -0.39 is 0 Å². The second kappa shape index (κ2) is 6.96. The van der Waals surface area contributed by atoms with Crippen molar-refractivity contribution < 1.29 is 9.53 Å². The first-order chi connectivity index (χ1) is 12.1. The molecule has 0 radical (unpaired) electrons. The molecule has 1 aliphatic rings. The van der Waals surface area contributed by atoms with E-state index in [9.17, 15) is 4.79 Å². The summed E-state index contributed by atoms with van der Waals surface area (Å²) >= 11 is 13.7. The topological polar surface area (TPSA) is 56.2 Å². The molecule has 0 aliphatic carbocycles. The van der Waals surface area contributed by atoms with E-state index in [0.29, 0.717) is 26.7 Å². The number of thiophene rings is 1. The molecule has 1 aliphatic heterocycles. The monoisotopic (exact) mass is 395 g/mol. The Hall–Kier alpha value is -1.60. The number of hydrogen-bond donors (Lipinski definition) is 1. The van der Waals surface area contributed by atoms with Crippen LogP contribution in [0.25, 0.3) is 10.1 Å². The molecular weight excluding hydrogens is 381 g/mol. The van der Waals surface area contributed by atoms with Crippen LogP contribution in [0, 0.1) is 5.92 Å². The Labute approximate surface area is 158 Å². The molecule has 0 spiro atoms. The van der Waals surface area contributed by atoms with Crippen LogP contribution in [0.4, 0.5) is 5.82 Å². The smallest absolute Gasteiger partial charge is 0.268 e. The summed E-state index contributed by atoms with van der Waals surface area (Å²) in [6.07, 6.45) is 2.69. The van der Waals surface area contributed by atoms with Crippen LogP contribution >= 0.6 is 34.5 Å². The van der Waals surface area contributed by atoms with E-state index in [4.69, 9.17) is 27.9 Å². The lowest BCUT2D eigenvalue weighted by molar-refractivity contribution is 0.102. The van der Waals surface area contributed by atoms with Gasteiger partial charge in [0.1, 0.15) is 10.7 Å². The van der Waals surface area contributed by atoms with Crippen LogP contribution in [0.15, 0.2) is 30.5 Å². The van der Waals surface area contributed by atoms with Gasteiger partial charge in [0.2, 0.25) is 0 Å². The predicted molar refractivity (Wildman–Crippen MR) is 101 cm³/mol. The molecule has 1 saturated heterocycles. The van der Waals surface area contributed by atoms with Gasteiger partial charge >= 0.3 is 0 Å². The highest BCUT2D eigenvalue weighted by atomic mass is 35.5. The standard InChI is InChI=1S/C17H15Cl2N3O2S/c18-11-1-2-12-13(7-11)25-16(15(12)19)17(23)21-14-3-5-20-22(14)8-10-4-6-24-9-10/h1-3,5,7,10H,4,6,8-9H2,(H,21,23)/t10-/m0/s1. The lowest BCUT2D eigenvalue weighted by Crippen LogP contribution is -2.18. The molecule has 1 atom stereocenters. The number of fused-ring (bicyclic) bond motifs is 1. The Bertz CT molecular complexity index is 931. The van der Waals surface area contributed by atoms with Gasteiger partial charge < -0.3 is 10.1 Å². The number of nitrogens with one attached hydrogen (secondary N) is 1. The van der Waals surface area contributed by atoms with E-state index in [-0.39, 0.29) is 5.91 Å². The third kappa shape index (κ3) is 3.40. The number of anilines is 1. The van der Waals surface area contributed by atoms with Gasteiger partial charge in [0.25, 0.3) is 5.91 Å². The Kier molecular flexibility index (Phi) is 4.69. The van der Waals surface area contributed by atoms with Crippen molar-refractivity contribution in [3.05, 3.63) is 45.4 Å². The van der Waals surface area contributed by atoms with Crippen LogP contribution in [0.1, 0.15) is 16.1 Å². The van der Waals surface area contributed by atoms with Crippen molar-refractivity contribution in [2.75, 3.05) is 18.5 Å². The predicted octanol–water partition coefficient (Wildman–Crippen LogP) is 4.69. The van der Waals surface area contributed by atoms with Crippen molar-refractivity contribution in [2.45, 2.75) is 13.0 Å². The van der Waals surface area contributed by atoms with Crippen molar-refractivity contribution >= 4 is 56.3 Å². The van der Waals surface area contributed by atoms with Gasteiger partial charge in [-0.15, -0.1) is 11.3 Å². The average Bonchev–Trinajstić information content (AvgIpc) is 3.30. The number of amides is 1. The van der Waals surface area contributed by atoms with Gasteiger partial charge in [-0.2, -0.15) is 5.10 Å². The summed E-state index contributed by atoms with van der Waals surface area (Å²) < 4.78 is 8.09. The number of carbonyl (C=O) groups is 1. The van der Waals surface area contributed by atoms with Crippen LogP contribution in [0.2, 0.25) is 10.0 Å². The van der Waals surface area contributed by atoms with E-state index in [1.807, 2.05) is 12.1 Å². The number of benzene rings is 1. The number of rotatable bonds is 4. The van der Waals surface area contributed by atoms with Crippen molar-refractivity contribution in [2.24, 2.45) is 5.92 Å². The van der Waals surface area contributed by atoms with Gasteiger partial charge in [-0.05, 0) is 18.6 Å². The third-order valence-corrected chi connectivity index (χ3v) is 6.10. The third-order valence-electron chi connectivity index (χ3n) is 4.21. The molecule has 5 nitrogen and oxygen atoms in total. The lowest BCUT2D eigenvalue weighted by Gasteiger charge is -2.11. The fourth-order valence-corrected chi connectivity index (χ4v) is 4.60. The molecular formula is C17H15Cl2N3O2S. The van der Waals surface area contributed by atoms with E-state index >= 15 is 0 Å². The molecule has 3 aromatic rings. The summed E-state index contributed by atoms with van der Waals surface area (Å²) in [5.74, 6) is 0.834. The first kappa shape index (κ1) is 16.8. The van der Waals surface area contributed by atoms with Crippen molar-refractivity contribution in [1.82, 2.24) is 9.78 Å². The molecule has 0 saturated carbocycles. The maximum Gasteiger partial charge on any atom is 0.268 e. The molecule has 8 heteroatoms.